The third-order valence-electron chi connectivity index (χ3n) is 3.70. The summed E-state index contributed by atoms with van der Waals surface area (Å²) in [6.45, 7) is 0.385. The molecular weight excluding hydrogens is 278 g/mol. The van der Waals surface area contributed by atoms with Gasteiger partial charge in [0.2, 0.25) is 0 Å². The van der Waals surface area contributed by atoms with Crippen LogP contribution in [0.4, 0.5) is 17.1 Å². The Hall–Kier alpha value is -1.76. The molecule has 0 spiro atoms. The molecule has 1 atom stereocenters. The minimum absolute atomic E-state index is 0.300. The van der Waals surface area contributed by atoms with E-state index in [0.29, 0.717) is 28.5 Å². The Morgan fingerprint density at radius 1 is 1.40 bits per heavy atom. The van der Waals surface area contributed by atoms with Crippen LogP contribution >= 0.6 is 11.6 Å². The summed E-state index contributed by atoms with van der Waals surface area (Å²) in [7, 11) is 3.49. The van der Waals surface area contributed by atoms with Crippen molar-refractivity contribution in [2.75, 3.05) is 30.5 Å². The molecule has 0 bridgehead atoms. The SMILES string of the molecule is COCc1cc2c3c(c(N)c(Cl)c(N)c3n1)N(C)C2N. The van der Waals surface area contributed by atoms with Crippen LogP contribution in [0.25, 0.3) is 10.9 Å². The largest absolute Gasteiger partial charge is 0.396 e. The summed E-state index contributed by atoms with van der Waals surface area (Å²) < 4.78 is 5.13. The van der Waals surface area contributed by atoms with Gasteiger partial charge in [-0.25, -0.2) is 4.98 Å². The molecule has 2 aromatic rings. The lowest BCUT2D eigenvalue weighted by molar-refractivity contribution is 0.181. The number of pyridine rings is 1. The van der Waals surface area contributed by atoms with Crippen molar-refractivity contribution >= 4 is 39.6 Å². The van der Waals surface area contributed by atoms with Crippen LogP contribution in [0.5, 0.6) is 0 Å². The molecule has 6 N–H and O–H groups in total. The van der Waals surface area contributed by atoms with Crippen molar-refractivity contribution < 1.29 is 4.74 Å². The van der Waals surface area contributed by atoms with Crippen molar-refractivity contribution in [1.82, 2.24) is 4.98 Å². The number of hydrogen-bond donors (Lipinski definition) is 3. The minimum Gasteiger partial charge on any atom is -0.396 e. The van der Waals surface area contributed by atoms with Crippen molar-refractivity contribution in [3.8, 4) is 0 Å². The van der Waals surface area contributed by atoms with Crippen molar-refractivity contribution in [3.63, 3.8) is 0 Å². The van der Waals surface area contributed by atoms with Gasteiger partial charge in [-0.2, -0.15) is 0 Å². The van der Waals surface area contributed by atoms with Crippen LogP contribution in [0.1, 0.15) is 17.4 Å². The van der Waals surface area contributed by atoms with Gasteiger partial charge in [0.05, 0.1) is 39.9 Å². The smallest absolute Gasteiger partial charge is 0.104 e. The zero-order chi connectivity index (χ0) is 14.6. The van der Waals surface area contributed by atoms with Gasteiger partial charge >= 0.3 is 0 Å². The number of anilines is 3. The van der Waals surface area contributed by atoms with E-state index in [9.17, 15) is 0 Å². The van der Waals surface area contributed by atoms with Crippen LogP contribution in [0.15, 0.2) is 6.07 Å². The summed E-state index contributed by atoms with van der Waals surface area (Å²) in [6, 6.07) is 1.93. The van der Waals surface area contributed by atoms with Crippen LogP contribution in [0.3, 0.4) is 0 Å². The average Bonchev–Trinajstić information content (AvgIpc) is 2.68. The Labute approximate surface area is 121 Å². The highest BCUT2D eigenvalue weighted by Gasteiger charge is 2.32. The van der Waals surface area contributed by atoms with E-state index in [-0.39, 0.29) is 6.17 Å². The zero-order valence-corrected chi connectivity index (χ0v) is 12.0. The second-order valence-electron chi connectivity index (χ2n) is 4.91. The molecule has 1 aromatic heterocycles. The monoisotopic (exact) mass is 293 g/mol. The molecule has 0 radical (unpaired) electrons. The summed E-state index contributed by atoms with van der Waals surface area (Å²) >= 11 is 6.22. The fourth-order valence-corrected chi connectivity index (χ4v) is 2.90. The van der Waals surface area contributed by atoms with E-state index in [0.717, 1.165) is 22.3 Å². The van der Waals surface area contributed by atoms with Gasteiger partial charge < -0.3 is 26.8 Å². The number of benzene rings is 1. The first kappa shape index (κ1) is 13.2. The Balaban J connectivity index is 2.44. The minimum atomic E-state index is -0.300. The normalized spacial score (nSPS) is 17.2. The predicted octanol–water partition coefficient (Wildman–Crippen LogP) is 1.61. The molecule has 1 unspecified atom stereocenters. The maximum Gasteiger partial charge on any atom is 0.104 e. The lowest BCUT2D eigenvalue weighted by atomic mass is 10.1. The number of methoxy groups -OCH3 is 1. The van der Waals surface area contributed by atoms with E-state index in [1.54, 1.807) is 7.11 Å². The topological polar surface area (TPSA) is 103 Å². The summed E-state index contributed by atoms with van der Waals surface area (Å²) in [4.78, 5) is 6.41. The van der Waals surface area contributed by atoms with Gasteiger partial charge in [0.15, 0.2) is 0 Å². The quantitative estimate of drug-likeness (QED) is 0.727. The maximum absolute atomic E-state index is 6.24. The van der Waals surface area contributed by atoms with E-state index < -0.39 is 0 Å². The van der Waals surface area contributed by atoms with Crippen LogP contribution < -0.4 is 22.1 Å². The first-order valence-corrected chi connectivity index (χ1v) is 6.52. The summed E-state index contributed by atoms with van der Waals surface area (Å²) in [5.74, 6) is 0. The molecule has 1 aliphatic heterocycles. The molecule has 0 saturated carbocycles. The fourth-order valence-electron chi connectivity index (χ4n) is 2.72. The highest BCUT2D eigenvalue weighted by molar-refractivity contribution is 6.39. The van der Waals surface area contributed by atoms with E-state index in [4.69, 9.17) is 33.5 Å². The summed E-state index contributed by atoms with van der Waals surface area (Å²) in [5, 5.41) is 1.20. The standard InChI is InChI=1S/C13H16ClN5O/c1-19-12-7-6(13(19)17)3-5(4-20-2)18-11(7)9(15)8(14)10(12)16/h3,13H,4,15-17H2,1-2H3. The van der Waals surface area contributed by atoms with Gasteiger partial charge in [0, 0.05) is 25.1 Å². The van der Waals surface area contributed by atoms with Gasteiger partial charge in [0.1, 0.15) is 6.17 Å². The third kappa shape index (κ3) is 1.56. The van der Waals surface area contributed by atoms with E-state index in [1.165, 1.54) is 0 Å². The number of aromatic nitrogens is 1. The van der Waals surface area contributed by atoms with Crippen LogP contribution in [-0.4, -0.2) is 19.1 Å². The molecule has 7 heteroatoms. The highest BCUT2D eigenvalue weighted by atomic mass is 35.5. The number of ether oxygens (including phenoxy) is 1. The van der Waals surface area contributed by atoms with Crippen molar-refractivity contribution in [3.05, 3.63) is 22.3 Å². The van der Waals surface area contributed by atoms with Gasteiger partial charge in [-0.05, 0) is 6.07 Å². The fraction of sp³-hybridized carbons (Fsp3) is 0.308. The van der Waals surface area contributed by atoms with Gasteiger partial charge in [-0.3, -0.25) is 0 Å². The van der Waals surface area contributed by atoms with Gasteiger partial charge in [-0.1, -0.05) is 11.6 Å². The molecule has 106 valence electrons. The van der Waals surface area contributed by atoms with Crippen molar-refractivity contribution in [1.29, 1.82) is 0 Å². The van der Waals surface area contributed by atoms with Crippen LogP contribution in [-0.2, 0) is 11.3 Å². The molecule has 0 saturated heterocycles. The number of nitrogen functional groups attached to an aromatic ring is 2. The second kappa shape index (κ2) is 4.37. The zero-order valence-electron chi connectivity index (χ0n) is 11.3. The Bertz CT molecular complexity index is 718. The molecule has 0 fully saturated rings. The Morgan fingerprint density at radius 3 is 2.75 bits per heavy atom. The molecule has 20 heavy (non-hydrogen) atoms. The first-order chi connectivity index (χ1) is 9.47. The lowest BCUT2D eigenvalue weighted by Gasteiger charge is -2.21. The van der Waals surface area contributed by atoms with Crippen LogP contribution in [0.2, 0.25) is 5.02 Å². The molecule has 0 amide bonds. The van der Waals surface area contributed by atoms with Crippen molar-refractivity contribution in [2.24, 2.45) is 5.73 Å². The number of nitrogens with zero attached hydrogens (tertiary/aromatic N) is 2. The van der Waals surface area contributed by atoms with Crippen LogP contribution in [0, 0.1) is 0 Å². The summed E-state index contributed by atoms with van der Waals surface area (Å²) in [5.41, 5.74) is 22.3. The molecule has 1 aromatic carbocycles. The molecule has 6 nitrogen and oxygen atoms in total. The molecule has 3 rings (SSSR count). The Kier molecular flexibility index (Phi) is 2.89. The third-order valence-corrected chi connectivity index (χ3v) is 4.11. The van der Waals surface area contributed by atoms with E-state index in [1.807, 2.05) is 18.0 Å². The molecule has 2 heterocycles. The number of rotatable bonds is 2. The molecule has 1 aliphatic rings. The van der Waals surface area contributed by atoms with Crippen molar-refractivity contribution in [2.45, 2.75) is 12.8 Å². The number of nitrogens with two attached hydrogens (primary N) is 3. The summed E-state index contributed by atoms with van der Waals surface area (Å²) in [6.07, 6.45) is -0.300. The van der Waals surface area contributed by atoms with Gasteiger partial charge in [0.25, 0.3) is 0 Å². The predicted molar refractivity (Wildman–Crippen MR) is 81.6 cm³/mol. The number of halogens is 1. The van der Waals surface area contributed by atoms with Gasteiger partial charge in [-0.15, -0.1) is 0 Å². The highest BCUT2D eigenvalue weighted by Crippen LogP contribution is 2.49. The Morgan fingerprint density at radius 2 is 2.10 bits per heavy atom. The molecule has 0 aliphatic carbocycles. The second-order valence-corrected chi connectivity index (χ2v) is 5.28. The average molecular weight is 294 g/mol. The number of hydrogen-bond acceptors (Lipinski definition) is 6. The molecular formula is C13H16ClN5O. The maximum atomic E-state index is 6.24. The lowest BCUT2D eigenvalue weighted by Crippen LogP contribution is -2.27. The first-order valence-electron chi connectivity index (χ1n) is 6.14. The van der Waals surface area contributed by atoms with E-state index in [2.05, 4.69) is 4.98 Å². The van der Waals surface area contributed by atoms with E-state index >= 15 is 0 Å².